The molecule has 1 aliphatic heterocycles. The van der Waals surface area contributed by atoms with Gasteiger partial charge in [-0.3, -0.25) is 9.69 Å². The van der Waals surface area contributed by atoms with Crippen LogP contribution in [0.15, 0.2) is 65.4 Å². The summed E-state index contributed by atoms with van der Waals surface area (Å²) in [5.41, 5.74) is 3.57. The van der Waals surface area contributed by atoms with Crippen LogP contribution in [0.2, 0.25) is 0 Å². The van der Waals surface area contributed by atoms with Gasteiger partial charge in [0, 0.05) is 23.4 Å². The third kappa shape index (κ3) is 5.40. The molecule has 1 saturated carbocycles. The van der Waals surface area contributed by atoms with E-state index in [1.54, 1.807) is 15.8 Å². The molecule has 210 valence electrons. The fourth-order valence-electron chi connectivity index (χ4n) is 5.96. The quantitative estimate of drug-likeness (QED) is 0.356. The van der Waals surface area contributed by atoms with Crippen LogP contribution in [0.5, 0.6) is 0 Å². The predicted octanol–water partition coefficient (Wildman–Crippen LogP) is 5.02. The van der Waals surface area contributed by atoms with Crippen molar-refractivity contribution in [2.45, 2.75) is 70.2 Å². The van der Waals surface area contributed by atoms with E-state index in [-0.39, 0.29) is 17.9 Å². The van der Waals surface area contributed by atoms with Gasteiger partial charge in [-0.05, 0) is 87.9 Å². The topological polar surface area (TPSA) is 126 Å². The van der Waals surface area contributed by atoms with Gasteiger partial charge in [0.25, 0.3) is 0 Å². The Balaban J connectivity index is 1.11. The summed E-state index contributed by atoms with van der Waals surface area (Å²) >= 11 is 0. The molecule has 2 aromatic heterocycles. The van der Waals surface area contributed by atoms with Gasteiger partial charge in [0.05, 0.1) is 24.2 Å². The number of hydrogen-bond acceptors (Lipinski definition) is 7. The monoisotopic (exact) mass is 552 g/mol. The predicted molar refractivity (Wildman–Crippen MR) is 151 cm³/mol. The summed E-state index contributed by atoms with van der Waals surface area (Å²) in [4.78, 5) is 27.9. The van der Waals surface area contributed by atoms with Gasteiger partial charge in [-0.2, -0.15) is 5.26 Å². The Labute approximate surface area is 237 Å². The molecule has 41 heavy (non-hydrogen) atoms. The molecule has 1 saturated heterocycles. The highest BCUT2D eigenvalue weighted by atomic mass is 16.6. The number of nitrogens with one attached hydrogen (secondary N) is 1. The summed E-state index contributed by atoms with van der Waals surface area (Å²) in [5, 5.41) is 22.3. The van der Waals surface area contributed by atoms with Crippen molar-refractivity contribution in [2.24, 2.45) is 5.92 Å². The number of nitriles is 1. The van der Waals surface area contributed by atoms with Crippen molar-refractivity contribution in [3.63, 3.8) is 0 Å². The second-order valence-electron chi connectivity index (χ2n) is 11.8. The molecule has 4 atom stereocenters. The van der Waals surface area contributed by atoms with Gasteiger partial charge in [-0.25, -0.2) is 9.48 Å². The minimum absolute atomic E-state index is 0.00420. The molecule has 3 heterocycles. The first-order valence-electron chi connectivity index (χ1n) is 13.9. The van der Waals surface area contributed by atoms with Crippen LogP contribution in [0, 0.1) is 17.2 Å². The van der Waals surface area contributed by atoms with Gasteiger partial charge in [-0.1, -0.05) is 17.3 Å². The fraction of sp³-hybridized carbons (Fsp3) is 0.387. The van der Waals surface area contributed by atoms with Gasteiger partial charge in [-0.15, -0.1) is 5.10 Å². The Bertz CT molecular complexity index is 1630. The fourth-order valence-corrected chi connectivity index (χ4v) is 5.96. The smallest absolute Gasteiger partial charge is 0.411 e. The van der Waals surface area contributed by atoms with Crippen molar-refractivity contribution in [2.75, 3.05) is 0 Å². The van der Waals surface area contributed by atoms with Crippen LogP contribution in [-0.4, -0.2) is 55.6 Å². The number of furan rings is 1. The number of benzene rings is 2. The highest BCUT2D eigenvalue weighted by Crippen LogP contribution is 2.43. The molecule has 4 aromatic rings. The lowest BCUT2D eigenvalue weighted by Crippen LogP contribution is -2.55. The zero-order valence-corrected chi connectivity index (χ0v) is 23.3. The lowest BCUT2D eigenvalue weighted by atomic mass is 9.97. The summed E-state index contributed by atoms with van der Waals surface area (Å²) in [6.45, 7) is 5.44. The number of aromatic nitrogens is 3. The zero-order chi connectivity index (χ0) is 28.7. The third-order valence-electron chi connectivity index (χ3n) is 7.81. The summed E-state index contributed by atoms with van der Waals surface area (Å²) in [5.74, 6) is -0.213. The van der Waals surface area contributed by atoms with Gasteiger partial charge >= 0.3 is 6.09 Å². The summed E-state index contributed by atoms with van der Waals surface area (Å²) < 4.78 is 12.7. The second kappa shape index (κ2) is 10.4. The number of piperidine rings is 1. The number of likely N-dealkylation sites (tertiary alicyclic amines) is 1. The molecule has 0 radical (unpaired) electrons. The number of rotatable bonds is 6. The van der Waals surface area contributed by atoms with E-state index in [4.69, 9.17) is 9.15 Å². The molecule has 2 amide bonds. The van der Waals surface area contributed by atoms with Crippen molar-refractivity contribution >= 4 is 23.0 Å². The summed E-state index contributed by atoms with van der Waals surface area (Å²) in [7, 11) is 0. The van der Waals surface area contributed by atoms with Crippen molar-refractivity contribution in [3.8, 4) is 23.0 Å². The van der Waals surface area contributed by atoms with Crippen LogP contribution in [0.1, 0.15) is 45.6 Å². The molecule has 0 unspecified atom stereocenters. The lowest BCUT2D eigenvalue weighted by Gasteiger charge is -2.35. The Morgan fingerprint density at radius 2 is 1.98 bits per heavy atom. The van der Waals surface area contributed by atoms with Crippen LogP contribution in [0.4, 0.5) is 4.79 Å². The van der Waals surface area contributed by atoms with Gasteiger partial charge in [0.2, 0.25) is 5.91 Å². The van der Waals surface area contributed by atoms with E-state index < -0.39 is 23.8 Å². The average Bonchev–Trinajstić information content (AvgIpc) is 3.75. The standard InChI is InChI=1S/C31H32N6O4/c1-31(2,3)41-30(39)37-25-10-6-22(16-25)28(37)29(38)33-23(17-32)14-19-4-8-24(9-5-19)36-18-26(34-35-36)20-7-11-27-21(15-20)12-13-40-27/h4-5,7-9,11-13,15,18,22-23,25,28H,6,10,14,16H2,1-3H3,(H,33,38)/t22-,23-,25+,28-/m0/s1. The molecule has 0 spiro atoms. The molecule has 10 heteroatoms. The lowest BCUT2D eigenvalue weighted by molar-refractivity contribution is -0.128. The maximum absolute atomic E-state index is 13.4. The SMILES string of the molecule is CC(C)(C)OC(=O)N1[C@@H]2CC[C@@H](C2)[C@H]1C(=O)N[C@H](C#N)Cc1ccc(-n2cc(-c3ccc4occc4c3)nn2)cc1. The van der Waals surface area contributed by atoms with Crippen LogP contribution >= 0.6 is 0 Å². The number of ether oxygens (including phenoxy) is 1. The molecular weight excluding hydrogens is 520 g/mol. The van der Waals surface area contributed by atoms with Crippen LogP contribution in [0.25, 0.3) is 27.9 Å². The molecule has 1 N–H and O–H groups in total. The maximum atomic E-state index is 13.4. The van der Waals surface area contributed by atoms with E-state index in [9.17, 15) is 14.9 Å². The molecule has 1 aliphatic carbocycles. The number of carbonyl (C=O) groups is 2. The summed E-state index contributed by atoms with van der Waals surface area (Å²) in [6.07, 6.45) is 5.94. The van der Waals surface area contributed by atoms with Crippen molar-refractivity contribution in [1.29, 1.82) is 5.26 Å². The molecule has 6 rings (SSSR count). The average molecular weight is 553 g/mol. The highest BCUT2D eigenvalue weighted by Gasteiger charge is 2.52. The van der Waals surface area contributed by atoms with E-state index in [0.29, 0.717) is 6.42 Å². The number of fused-ring (bicyclic) bond motifs is 3. The number of hydrogen-bond donors (Lipinski definition) is 1. The van der Waals surface area contributed by atoms with Gasteiger partial charge in [0.15, 0.2) is 0 Å². The molecular formula is C31H32N6O4. The largest absolute Gasteiger partial charge is 0.464 e. The Morgan fingerprint density at radius 1 is 1.17 bits per heavy atom. The highest BCUT2D eigenvalue weighted by molar-refractivity contribution is 5.87. The van der Waals surface area contributed by atoms with E-state index in [0.717, 1.165) is 52.7 Å². The van der Waals surface area contributed by atoms with Crippen LogP contribution in [-0.2, 0) is 16.0 Å². The second-order valence-corrected chi connectivity index (χ2v) is 11.8. The van der Waals surface area contributed by atoms with Crippen molar-refractivity contribution in [1.82, 2.24) is 25.2 Å². The minimum atomic E-state index is -0.733. The molecule has 2 aromatic carbocycles. The first kappa shape index (κ1) is 26.6. The zero-order valence-electron chi connectivity index (χ0n) is 23.3. The normalized spacial score (nSPS) is 20.6. The molecule has 2 bridgehead atoms. The summed E-state index contributed by atoms with van der Waals surface area (Å²) in [6, 6.07) is 16.3. The first-order chi connectivity index (χ1) is 19.7. The molecule has 10 nitrogen and oxygen atoms in total. The van der Waals surface area contributed by atoms with Crippen LogP contribution in [0.3, 0.4) is 0 Å². The first-order valence-corrected chi connectivity index (χ1v) is 13.9. The van der Waals surface area contributed by atoms with Crippen molar-refractivity contribution < 1.29 is 18.7 Å². The minimum Gasteiger partial charge on any atom is -0.464 e. The maximum Gasteiger partial charge on any atom is 0.411 e. The Kier molecular flexibility index (Phi) is 6.73. The van der Waals surface area contributed by atoms with Crippen LogP contribution < -0.4 is 5.32 Å². The Morgan fingerprint density at radius 3 is 2.73 bits per heavy atom. The van der Waals surface area contributed by atoms with E-state index in [1.165, 1.54) is 0 Å². The Hall–Kier alpha value is -4.65. The number of nitrogens with zero attached hydrogens (tertiary/aromatic N) is 5. The van der Waals surface area contributed by atoms with Crippen molar-refractivity contribution in [3.05, 3.63) is 66.6 Å². The number of carbonyl (C=O) groups excluding carboxylic acids is 2. The number of amides is 2. The van der Waals surface area contributed by atoms with Gasteiger partial charge < -0.3 is 14.5 Å². The van der Waals surface area contributed by atoms with E-state index in [1.807, 2.05) is 75.5 Å². The van der Waals surface area contributed by atoms with E-state index in [2.05, 4.69) is 21.7 Å². The van der Waals surface area contributed by atoms with E-state index >= 15 is 0 Å². The molecule has 2 fully saturated rings. The third-order valence-corrected chi connectivity index (χ3v) is 7.81. The van der Waals surface area contributed by atoms with Gasteiger partial charge in [0.1, 0.15) is 29.0 Å². The molecule has 2 aliphatic rings.